The first-order valence-electron chi connectivity index (χ1n) is 11.4. The molecule has 2 amide bonds. The van der Waals surface area contributed by atoms with Crippen molar-refractivity contribution < 1.29 is 23.9 Å². The SMILES string of the molecule is CCOc1ccccc1NC(=O)COC(=O)c1ccccc1SCC(=O)N1CCc2ccccc21. The number of rotatable bonds is 9. The molecule has 0 aromatic heterocycles. The van der Waals surface area contributed by atoms with Gasteiger partial charge in [-0.2, -0.15) is 0 Å². The minimum absolute atomic E-state index is 0.0181. The van der Waals surface area contributed by atoms with Gasteiger partial charge in [0.05, 0.1) is 23.6 Å². The molecule has 4 rings (SSSR count). The van der Waals surface area contributed by atoms with Gasteiger partial charge in [0.1, 0.15) is 5.75 Å². The Kier molecular flexibility index (Phi) is 8.05. The summed E-state index contributed by atoms with van der Waals surface area (Å²) in [6.45, 7) is 2.53. The molecule has 8 heteroatoms. The third-order valence-electron chi connectivity index (χ3n) is 5.44. The monoisotopic (exact) mass is 490 g/mol. The van der Waals surface area contributed by atoms with Crippen LogP contribution in [0.15, 0.2) is 77.7 Å². The summed E-state index contributed by atoms with van der Waals surface area (Å²) in [6, 6.07) is 21.9. The molecule has 0 radical (unpaired) electrons. The third kappa shape index (κ3) is 6.02. The van der Waals surface area contributed by atoms with Crippen LogP contribution in [-0.4, -0.2) is 43.3 Å². The van der Waals surface area contributed by atoms with E-state index in [4.69, 9.17) is 9.47 Å². The number of anilines is 2. The van der Waals surface area contributed by atoms with Crippen molar-refractivity contribution in [2.45, 2.75) is 18.2 Å². The zero-order chi connectivity index (χ0) is 24.6. The molecule has 3 aromatic carbocycles. The maximum Gasteiger partial charge on any atom is 0.339 e. The maximum absolute atomic E-state index is 12.9. The van der Waals surface area contributed by atoms with Gasteiger partial charge in [0.2, 0.25) is 5.91 Å². The van der Waals surface area contributed by atoms with E-state index in [9.17, 15) is 14.4 Å². The van der Waals surface area contributed by atoms with Crippen molar-refractivity contribution in [1.82, 2.24) is 0 Å². The lowest BCUT2D eigenvalue weighted by Crippen LogP contribution is -2.30. The number of benzene rings is 3. The maximum atomic E-state index is 12.9. The van der Waals surface area contributed by atoms with Gasteiger partial charge in [-0.15, -0.1) is 11.8 Å². The topological polar surface area (TPSA) is 84.9 Å². The second-order valence-electron chi connectivity index (χ2n) is 7.76. The number of carbonyl (C=O) groups is 3. The fourth-order valence-electron chi connectivity index (χ4n) is 3.82. The highest BCUT2D eigenvalue weighted by atomic mass is 32.2. The fourth-order valence-corrected chi connectivity index (χ4v) is 4.74. The summed E-state index contributed by atoms with van der Waals surface area (Å²) in [5, 5.41) is 2.70. The van der Waals surface area contributed by atoms with Gasteiger partial charge in [0, 0.05) is 17.1 Å². The number of carbonyl (C=O) groups excluding carboxylic acids is 3. The van der Waals surface area contributed by atoms with Gasteiger partial charge < -0.3 is 19.7 Å². The quantitative estimate of drug-likeness (QED) is 0.350. The Bertz CT molecular complexity index is 1230. The minimum Gasteiger partial charge on any atom is -0.492 e. The first-order valence-corrected chi connectivity index (χ1v) is 12.3. The molecule has 0 bridgehead atoms. The average molecular weight is 491 g/mol. The van der Waals surface area contributed by atoms with E-state index < -0.39 is 18.5 Å². The summed E-state index contributed by atoms with van der Waals surface area (Å²) in [6.07, 6.45) is 0.840. The van der Waals surface area contributed by atoms with Crippen LogP contribution < -0.4 is 15.0 Å². The number of ether oxygens (including phenoxy) is 2. The van der Waals surface area contributed by atoms with Gasteiger partial charge in [-0.05, 0) is 49.2 Å². The number of para-hydroxylation sites is 3. The number of amides is 2. The lowest BCUT2D eigenvalue weighted by Gasteiger charge is -2.17. The molecule has 180 valence electrons. The van der Waals surface area contributed by atoms with Crippen molar-refractivity contribution in [2.75, 3.05) is 35.7 Å². The summed E-state index contributed by atoms with van der Waals surface area (Å²) in [5.41, 5.74) is 2.93. The summed E-state index contributed by atoms with van der Waals surface area (Å²) < 4.78 is 10.8. The van der Waals surface area contributed by atoms with Crippen LogP contribution >= 0.6 is 11.8 Å². The number of esters is 1. The van der Waals surface area contributed by atoms with E-state index in [2.05, 4.69) is 5.32 Å². The first-order chi connectivity index (χ1) is 17.1. The van der Waals surface area contributed by atoms with E-state index in [1.54, 1.807) is 47.4 Å². The van der Waals surface area contributed by atoms with Crippen LogP contribution in [0.25, 0.3) is 0 Å². The Labute approximate surface area is 208 Å². The molecule has 35 heavy (non-hydrogen) atoms. The Morgan fingerprint density at radius 1 is 0.971 bits per heavy atom. The average Bonchev–Trinajstić information content (AvgIpc) is 3.32. The van der Waals surface area contributed by atoms with Crippen molar-refractivity contribution in [3.05, 3.63) is 83.9 Å². The fraction of sp³-hybridized carbons (Fsp3) is 0.222. The number of nitrogens with zero attached hydrogens (tertiary/aromatic N) is 1. The van der Waals surface area contributed by atoms with E-state index in [-0.39, 0.29) is 11.7 Å². The predicted molar refractivity (Wildman–Crippen MR) is 136 cm³/mol. The molecule has 1 N–H and O–H groups in total. The second kappa shape index (κ2) is 11.6. The van der Waals surface area contributed by atoms with Crippen molar-refractivity contribution in [3.8, 4) is 5.75 Å². The van der Waals surface area contributed by atoms with Crippen molar-refractivity contribution in [2.24, 2.45) is 0 Å². The Morgan fingerprint density at radius 3 is 2.57 bits per heavy atom. The minimum atomic E-state index is -0.625. The molecule has 1 aliphatic heterocycles. The normalized spacial score (nSPS) is 12.1. The Hall–Kier alpha value is -3.78. The number of hydrogen-bond donors (Lipinski definition) is 1. The number of nitrogens with one attached hydrogen (secondary N) is 1. The van der Waals surface area contributed by atoms with Gasteiger partial charge in [-0.25, -0.2) is 4.79 Å². The molecule has 3 aromatic rings. The summed E-state index contributed by atoms with van der Waals surface area (Å²) >= 11 is 1.28. The second-order valence-corrected chi connectivity index (χ2v) is 8.78. The molecule has 0 atom stereocenters. The van der Waals surface area contributed by atoms with E-state index in [1.807, 2.05) is 37.3 Å². The van der Waals surface area contributed by atoms with E-state index >= 15 is 0 Å². The molecule has 1 aliphatic rings. The molecule has 0 saturated heterocycles. The molecule has 0 spiro atoms. The molecule has 0 fully saturated rings. The Balaban J connectivity index is 1.33. The van der Waals surface area contributed by atoms with Crippen molar-refractivity contribution in [3.63, 3.8) is 0 Å². The summed E-state index contributed by atoms with van der Waals surface area (Å²) in [4.78, 5) is 40.3. The smallest absolute Gasteiger partial charge is 0.339 e. The molecule has 1 heterocycles. The Morgan fingerprint density at radius 2 is 1.71 bits per heavy atom. The highest BCUT2D eigenvalue weighted by molar-refractivity contribution is 8.00. The highest BCUT2D eigenvalue weighted by Crippen LogP contribution is 2.30. The van der Waals surface area contributed by atoms with Crippen LogP contribution in [0.1, 0.15) is 22.8 Å². The summed E-state index contributed by atoms with van der Waals surface area (Å²) in [7, 11) is 0. The molecule has 7 nitrogen and oxygen atoms in total. The molecule has 0 unspecified atom stereocenters. The number of hydrogen-bond acceptors (Lipinski definition) is 6. The van der Waals surface area contributed by atoms with E-state index in [0.29, 0.717) is 35.0 Å². The van der Waals surface area contributed by atoms with Crippen LogP contribution in [0.4, 0.5) is 11.4 Å². The standard InChI is InChI=1S/C27H26N2O5S/c1-2-33-23-13-7-5-11-21(23)28-25(30)17-34-27(32)20-10-4-8-14-24(20)35-18-26(31)29-16-15-19-9-3-6-12-22(19)29/h3-14H,2,15-18H2,1H3,(H,28,30). The molecular formula is C27H26N2O5S. The van der Waals surface area contributed by atoms with Crippen LogP contribution in [0, 0.1) is 0 Å². The largest absolute Gasteiger partial charge is 0.492 e. The zero-order valence-corrected chi connectivity index (χ0v) is 20.2. The van der Waals surface area contributed by atoms with E-state index in [1.165, 1.54) is 11.8 Å². The molecular weight excluding hydrogens is 464 g/mol. The van der Waals surface area contributed by atoms with Crippen LogP contribution in [0.5, 0.6) is 5.75 Å². The molecule has 0 saturated carbocycles. The predicted octanol–water partition coefficient (Wildman–Crippen LogP) is 4.56. The first kappa shape index (κ1) is 24.3. The zero-order valence-electron chi connectivity index (χ0n) is 19.4. The molecule has 0 aliphatic carbocycles. The van der Waals surface area contributed by atoms with Crippen molar-refractivity contribution >= 4 is 40.9 Å². The van der Waals surface area contributed by atoms with Gasteiger partial charge in [0.25, 0.3) is 5.91 Å². The van der Waals surface area contributed by atoms with Crippen LogP contribution in [0.3, 0.4) is 0 Å². The van der Waals surface area contributed by atoms with Gasteiger partial charge in [-0.3, -0.25) is 9.59 Å². The van der Waals surface area contributed by atoms with Gasteiger partial charge in [0.15, 0.2) is 6.61 Å². The van der Waals surface area contributed by atoms with Crippen LogP contribution in [0.2, 0.25) is 0 Å². The number of fused-ring (bicyclic) bond motifs is 1. The van der Waals surface area contributed by atoms with Gasteiger partial charge >= 0.3 is 5.97 Å². The van der Waals surface area contributed by atoms with Crippen molar-refractivity contribution in [1.29, 1.82) is 0 Å². The number of thioether (sulfide) groups is 1. The van der Waals surface area contributed by atoms with Crippen LogP contribution in [-0.2, 0) is 20.7 Å². The van der Waals surface area contributed by atoms with Gasteiger partial charge in [-0.1, -0.05) is 42.5 Å². The third-order valence-corrected chi connectivity index (χ3v) is 6.50. The highest BCUT2D eigenvalue weighted by Gasteiger charge is 2.24. The lowest BCUT2D eigenvalue weighted by molar-refractivity contribution is -0.119. The summed E-state index contributed by atoms with van der Waals surface area (Å²) in [5.74, 6) is -0.385. The lowest BCUT2D eigenvalue weighted by atomic mass is 10.2. The van der Waals surface area contributed by atoms with E-state index in [0.717, 1.165) is 17.7 Å².